The molecule has 0 fully saturated rings. The van der Waals surface area contributed by atoms with Crippen molar-refractivity contribution >= 4 is 64.2 Å². The van der Waals surface area contributed by atoms with Crippen LogP contribution in [0.25, 0.3) is 120 Å². The van der Waals surface area contributed by atoms with Crippen LogP contribution in [0.4, 0.5) is 0 Å². The lowest BCUT2D eigenvalue weighted by Gasteiger charge is -2.11. The fraction of sp³-hybridized carbons (Fsp3) is 0. The van der Waals surface area contributed by atoms with Crippen LogP contribution in [-0.2, 0) is 0 Å². The van der Waals surface area contributed by atoms with Crippen molar-refractivity contribution < 1.29 is 12.6 Å². The van der Waals surface area contributed by atoms with Crippen LogP contribution in [0.1, 0.15) is 8.22 Å². The molecule has 0 radical (unpaired) electrons. The van der Waals surface area contributed by atoms with Gasteiger partial charge in [0.05, 0.1) is 8.22 Å². The van der Waals surface area contributed by atoms with Crippen molar-refractivity contribution in [1.29, 1.82) is 0 Å². The minimum Gasteiger partial charge on any atom is -0.456 e. The van der Waals surface area contributed by atoms with Crippen LogP contribution >= 0.6 is 11.3 Å². The van der Waals surface area contributed by atoms with Gasteiger partial charge in [-0.15, -0.1) is 11.3 Å². The Morgan fingerprint density at radius 1 is 0.400 bits per heavy atom. The largest absolute Gasteiger partial charge is 0.456 e. The molecular weight excluding hydrogens is 751 g/mol. The maximum absolute atomic E-state index is 9.77. The van der Waals surface area contributed by atoms with Crippen molar-refractivity contribution in [3.63, 3.8) is 0 Å². The molecule has 0 saturated heterocycles. The summed E-state index contributed by atoms with van der Waals surface area (Å²) in [4.78, 5) is 14.9. The lowest BCUT2D eigenvalue weighted by atomic mass is 9.97. The van der Waals surface area contributed by atoms with Gasteiger partial charge in [0.15, 0.2) is 17.5 Å². The minimum absolute atomic E-state index is 0.0474. The average molecular weight is 790 g/mol. The molecule has 0 bridgehead atoms. The monoisotopic (exact) mass is 789 g/mol. The van der Waals surface area contributed by atoms with Gasteiger partial charge in [-0.2, -0.15) is 0 Å². The number of rotatable bonds is 6. The van der Waals surface area contributed by atoms with Gasteiger partial charge in [0, 0.05) is 47.6 Å². The van der Waals surface area contributed by atoms with Gasteiger partial charge >= 0.3 is 0 Å². The molecule has 9 aromatic carbocycles. The number of nitrogens with zero attached hydrogens (tertiary/aromatic N) is 3. The second kappa shape index (κ2) is 14.0. The molecule has 0 amide bonds. The quantitative estimate of drug-likeness (QED) is 0.168. The van der Waals surface area contributed by atoms with Crippen molar-refractivity contribution in [2.24, 2.45) is 0 Å². The molecule has 0 N–H and O–H groups in total. The van der Waals surface area contributed by atoms with E-state index in [4.69, 9.17) is 22.1 Å². The Balaban J connectivity index is 1.05. The highest BCUT2D eigenvalue weighted by atomic mass is 32.1. The fourth-order valence-corrected chi connectivity index (χ4v) is 9.14. The third-order valence-corrected chi connectivity index (χ3v) is 12.1. The van der Waals surface area contributed by atoms with Gasteiger partial charge in [-0.25, -0.2) is 15.0 Å². The molecule has 0 atom stereocenters. The van der Waals surface area contributed by atoms with Gasteiger partial charge in [0.1, 0.15) is 11.2 Å². The summed E-state index contributed by atoms with van der Waals surface area (Å²) < 4.78 is 63.0. The van der Waals surface area contributed by atoms with E-state index in [9.17, 15) is 5.48 Å². The molecule has 0 aliphatic rings. The molecule has 5 heteroatoms. The first-order chi connectivity index (χ1) is 32.2. The number of furan rings is 1. The van der Waals surface area contributed by atoms with Crippen LogP contribution in [0.15, 0.2) is 204 Å². The normalized spacial score (nSPS) is 13.1. The summed E-state index contributed by atoms with van der Waals surface area (Å²) in [5, 5.41) is 4.78. The van der Waals surface area contributed by atoms with E-state index >= 15 is 0 Å². The lowest BCUT2D eigenvalue weighted by molar-refractivity contribution is 0.669. The highest BCUT2D eigenvalue weighted by Gasteiger charge is 2.17. The number of hydrogen-bond donors (Lipinski definition) is 0. The summed E-state index contributed by atoms with van der Waals surface area (Å²) in [7, 11) is 0. The van der Waals surface area contributed by atoms with Crippen LogP contribution in [-0.4, -0.2) is 15.0 Å². The molecule has 0 aliphatic heterocycles. The Morgan fingerprint density at radius 3 is 1.82 bits per heavy atom. The maximum Gasteiger partial charge on any atom is 0.164 e. The highest BCUT2D eigenvalue weighted by molar-refractivity contribution is 7.26. The summed E-state index contributed by atoms with van der Waals surface area (Å²) in [5.41, 5.74) is 7.88. The zero-order valence-electron chi connectivity index (χ0n) is 37.7. The van der Waals surface area contributed by atoms with Crippen molar-refractivity contribution in [2.45, 2.75) is 0 Å². The standard InChI is InChI=1S/C55H33N3OS/c1-2-10-34(11-3-1)35-20-24-38(25-21-35)53-56-54(39-26-22-37(23-27-39)43-16-8-13-36-12-4-5-14-42(36)43)58-55(57-53)41-29-31-47-51(33-41)60-50-19-9-17-44(52(47)50)40-28-30-46-45-15-6-7-18-48(45)59-49(46)32-40/h1-33H/i9D,17D,19D,29D,31D,33D. The van der Waals surface area contributed by atoms with Crippen LogP contribution in [0.3, 0.4) is 0 Å². The predicted octanol–water partition coefficient (Wildman–Crippen LogP) is 15.3. The topological polar surface area (TPSA) is 51.8 Å². The Kier molecular flexibility index (Phi) is 6.67. The van der Waals surface area contributed by atoms with E-state index in [1.807, 2.05) is 133 Å². The van der Waals surface area contributed by atoms with E-state index < -0.39 is 0 Å². The molecule has 3 aromatic heterocycles. The van der Waals surface area contributed by atoms with Crippen LogP contribution in [0.2, 0.25) is 0 Å². The van der Waals surface area contributed by atoms with Gasteiger partial charge < -0.3 is 4.42 Å². The molecule has 0 saturated carbocycles. The molecular formula is C55H33N3OS. The zero-order valence-corrected chi connectivity index (χ0v) is 32.6. The second-order valence-electron chi connectivity index (χ2n) is 14.7. The Bertz CT molecular complexity index is 3940. The number of thiophene rings is 1. The van der Waals surface area contributed by atoms with E-state index in [1.165, 1.54) is 0 Å². The summed E-state index contributed by atoms with van der Waals surface area (Å²) in [5.74, 6) is 0.735. The fourth-order valence-electron chi connectivity index (χ4n) is 8.12. The Morgan fingerprint density at radius 2 is 1.02 bits per heavy atom. The number of fused-ring (bicyclic) bond motifs is 7. The van der Waals surface area contributed by atoms with Gasteiger partial charge in [-0.1, -0.05) is 170 Å². The average Bonchev–Trinajstić information content (AvgIpc) is 3.95. The second-order valence-corrected chi connectivity index (χ2v) is 15.7. The van der Waals surface area contributed by atoms with Gasteiger partial charge in [-0.3, -0.25) is 0 Å². The first-order valence-corrected chi connectivity index (χ1v) is 20.4. The zero-order chi connectivity index (χ0) is 44.8. The van der Waals surface area contributed by atoms with Gasteiger partial charge in [-0.05, 0) is 74.4 Å². The Labute approximate surface area is 358 Å². The van der Waals surface area contributed by atoms with Crippen molar-refractivity contribution in [3.8, 4) is 67.5 Å². The SMILES string of the molecule is [2H]c1c([2H])c(-c2ccc3c(c2)oc2ccccc23)c2c(sc3c([2H])c(-c4nc(-c5ccc(-c6ccccc6)cc5)nc(-c5ccc(-c6cccc7ccccc67)cc5)n4)c([2H])c([2H])c32)c1[2H]. The van der Waals surface area contributed by atoms with Crippen molar-refractivity contribution in [1.82, 2.24) is 15.0 Å². The van der Waals surface area contributed by atoms with E-state index in [0.29, 0.717) is 54.3 Å². The van der Waals surface area contributed by atoms with Crippen LogP contribution < -0.4 is 0 Å². The molecule has 0 spiro atoms. The molecule has 12 aromatic rings. The molecule has 4 nitrogen and oxygen atoms in total. The minimum atomic E-state index is -0.271. The van der Waals surface area contributed by atoms with Crippen molar-refractivity contribution in [3.05, 3.63) is 200 Å². The third-order valence-electron chi connectivity index (χ3n) is 11.1. The van der Waals surface area contributed by atoms with E-state index in [1.54, 1.807) is 0 Å². The third kappa shape index (κ3) is 5.86. The Hall–Kier alpha value is -7.73. The lowest BCUT2D eigenvalue weighted by Crippen LogP contribution is -2.00. The summed E-state index contributed by atoms with van der Waals surface area (Å²) in [6, 6.07) is 52.6. The molecule has 3 heterocycles. The van der Waals surface area contributed by atoms with Crippen molar-refractivity contribution in [2.75, 3.05) is 0 Å². The number of para-hydroxylation sites is 1. The molecule has 0 aliphatic carbocycles. The summed E-state index contributed by atoms with van der Waals surface area (Å²) >= 11 is 1.11. The molecule has 60 heavy (non-hydrogen) atoms. The smallest absolute Gasteiger partial charge is 0.164 e. The van der Waals surface area contributed by atoms with Crippen LogP contribution in [0.5, 0.6) is 0 Å². The highest BCUT2D eigenvalue weighted by Crippen LogP contribution is 2.43. The van der Waals surface area contributed by atoms with E-state index in [2.05, 4.69) is 30.3 Å². The molecule has 12 rings (SSSR count). The predicted molar refractivity (Wildman–Crippen MR) is 250 cm³/mol. The first-order valence-electron chi connectivity index (χ1n) is 22.6. The summed E-state index contributed by atoms with van der Waals surface area (Å²) in [6.45, 7) is 0. The van der Waals surface area contributed by atoms with Crippen LogP contribution in [0, 0.1) is 0 Å². The van der Waals surface area contributed by atoms with Gasteiger partial charge in [0.25, 0.3) is 0 Å². The first kappa shape index (κ1) is 28.6. The molecule has 280 valence electrons. The van der Waals surface area contributed by atoms with Gasteiger partial charge in [0.2, 0.25) is 0 Å². The number of aromatic nitrogens is 3. The number of hydrogen-bond acceptors (Lipinski definition) is 5. The van der Waals surface area contributed by atoms with E-state index in [-0.39, 0.29) is 53.0 Å². The summed E-state index contributed by atoms with van der Waals surface area (Å²) in [6.07, 6.45) is 0. The van der Waals surface area contributed by atoms with E-state index in [0.717, 1.165) is 60.7 Å². The molecule has 0 unspecified atom stereocenters. The maximum atomic E-state index is 9.77. The number of benzene rings is 9.